The Hall–Kier alpha value is -1.48. The zero-order chi connectivity index (χ0) is 15.6. The number of anilines is 1. The summed E-state index contributed by atoms with van der Waals surface area (Å²) in [4.78, 5) is 12.0. The van der Waals surface area contributed by atoms with E-state index >= 15 is 0 Å². The highest BCUT2D eigenvalue weighted by Gasteiger charge is 2.35. The number of halogens is 1. The molecule has 4 N–H and O–H groups in total. The fraction of sp³-hybridized carbons (Fsp3) is 0.583. The third-order valence-corrected chi connectivity index (χ3v) is 3.28. The van der Waals surface area contributed by atoms with Gasteiger partial charge in [0, 0.05) is 6.42 Å². The van der Waals surface area contributed by atoms with Crippen LogP contribution in [-0.2, 0) is 4.74 Å². The maximum Gasteiger partial charge on any atom is 0.226 e. The Morgan fingerprint density at radius 2 is 2.19 bits per heavy atom. The zero-order valence-corrected chi connectivity index (χ0v) is 12.5. The lowest BCUT2D eigenvalue weighted by Gasteiger charge is -2.13. The second-order valence-corrected chi connectivity index (χ2v) is 4.65. The van der Waals surface area contributed by atoms with Gasteiger partial charge < -0.3 is 20.7 Å². The van der Waals surface area contributed by atoms with Gasteiger partial charge in [0.15, 0.2) is 11.5 Å². The summed E-state index contributed by atoms with van der Waals surface area (Å²) in [5.74, 6) is 0.186. The maximum atomic E-state index is 9.74. The number of ether oxygens (including phenoxy) is 1. The van der Waals surface area contributed by atoms with Crippen molar-refractivity contribution in [1.29, 1.82) is 0 Å². The molecule has 0 amide bonds. The molecule has 21 heavy (non-hydrogen) atoms. The van der Waals surface area contributed by atoms with E-state index in [1.54, 1.807) is 4.57 Å². The number of nitrogens with zero attached hydrogens (tertiary/aromatic N) is 4. The van der Waals surface area contributed by atoms with Gasteiger partial charge in [-0.3, -0.25) is 4.57 Å². The molecule has 1 aliphatic heterocycles. The van der Waals surface area contributed by atoms with E-state index in [1.807, 2.05) is 13.8 Å². The van der Waals surface area contributed by atoms with Gasteiger partial charge >= 0.3 is 0 Å². The van der Waals surface area contributed by atoms with Crippen LogP contribution in [-0.4, -0.2) is 48.5 Å². The van der Waals surface area contributed by atoms with Crippen molar-refractivity contribution in [2.45, 2.75) is 38.7 Å². The van der Waals surface area contributed by atoms with Crippen LogP contribution in [0.5, 0.6) is 0 Å². The second kappa shape index (κ2) is 6.52. The summed E-state index contributed by atoms with van der Waals surface area (Å²) < 4.78 is 7.16. The molecule has 8 nitrogen and oxygen atoms in total. The Labute approximate surface area is 126 Å². The molecular weight excluding hydrogens is 298 g/mol. The summed E-state index contributed by atoms with van der Waals surface area (Å²) in [6.45, 7) is 3.75. The zero-order valence-electron chi connectivity index (χ0n) is 11.8. The number of aromatic nitrogens is 4. The average molecular weight is 316 g/mol. The number of nitrogen functional groups attached to an aromatic ring is 1. The first kappa shape index (κ1) is 15.9. The molecule has 0 radical (unpaired) electrons. The molecule has 0 aromatic carbocycles. The Balaban J connectivity index is 0.000000774. The van der Waals surface area contributed by atoms with E-state index in [0.717, 1.165) is 0 Å². The predicted octanol–water partition coefficient (Wildman–Crippen LogP) is 0.729. The molecular formula is C12H18ClN5O3. The molecule has 1 aliphatic rings. The van der Waals surface area contributed by atoms with Crippen molar-refractivity contribution in [3.8, 4) is 0 Å². The largest absolute Gasteiger partial charge is 0.394 e. The van der Waals surface area contributed by atoms with Gasteiger partial charge in [0.1, 0.15) is 17.8 Å². The SMILES string of the molecule is CC.Nc1nc(Cl)nc2c1ncn2C1C[C@@H](O)C(CO)O1. The first-order valence-corrected chi connectivity index (χ1v) is 7.08. The number of hydrogen-bond acceptors (Lipinski definition) is 7. The number of rotatable bonds is 2. The van der Waals surface area contributed by atoms with Crippen molar-refractivity contribution in [1.82, 2.24) is 19.5 Å². The van der Waals surface area contributed by atoms with E-state index in [0.29, 0.717) is 17.6 Å². The van der Waals surface area contributed by atoms with E-state index in [-0.39, 0.29) is 17.7 Å². The first-order valence-electron chi connectivity index (χ1n) is 6.70. The lowest BCUT2D eigenvalue weighted by Crippen LogP contribution is -2.24. The van der Waals surface area contributed by atoms with Crippen molar-refractivity contribution >= 4 is 28.6 Å². The molecule has 1 fully saturated rings. The fourth-order valence-corrected chi connectivity index (χ4v) is 2.34. The molecule has 3 heterocycles. The number of fused-ring (bicyclic) bond motifs is 1. The van der Waals surface area contributed by atoms with Crippen molar-refractivity contribution in [3.05, 3.63) is 11.6 Å². The molecule has 0 saturated carbocycles. The van der Waals surface area contributed by atoms with Gasteiger partial charge in [0.25, 0.3) is 0 Å². The number of imidazole rings is 1. The quantitative estimate of drug-likeness (QED) is 0.699. The molecule has 0 aliphatic carbocycles. The Kier molecular flexibility index (Phi) is 4.94. The van der Waals surface area contributed by atoms with Gasteiger partial charge in [-0.1, -0.05) is 13.8 Å². The van der Waals surface area contributed by atoms with Crippen LogP contribution in [0.2, 0.25) is 5.28 Å². The van der Waals surface area contributed by atoms with Crippen LogP contribution < -0.4 is 5.73 Å². The smallest absolute Gasteiger partial charge is 0.226 e. The normalized spacial score (nSPS) is 24.9. The standard InChI is InChI=1S/C10H12ClN5O3.C2H6/c11-10-14-8(12)7-9(15-10)16(3-13-7)6-1-4(18)5(2-17)19-6;1-2/h3-6,17-18H,1-2H2,(H2,12,14,15);1-2H3/t4-,5?,6?;/m1./s1. The van der Waals surface area contributed by atoms with Crippen LogP contribution in [0.3, 0.4) is 0 Å². The minimum Gasteiger partial charge on any atom is -0.394 e. The van der Waals surface area contributed by atoms with Crippen LogP contribution in [0.1, 0.15) is 26.5 Å². The van der Waals surface area contributed by atoms with E-state index in [4.69, 9.17) is 27.2 Å². The van der Waals surface area contributed by atoms with Gasteiger partial charge in [-0.2, -0.15) is 9.97 Å². The molecule has 2 aromatic rings. The third kappa shape index (κ3) is 2.93. The molecule has 0 bridgehead atoms. The molecule has 0 spiro atoms. The molecule has 2 aromatic heterocycles. The second-order valence-electron chi connectivity index (χ2n) is 4.32. The molecule has 3 rings (SSSR count). The predicted molar refractivity (Wildman–Crippen MR) is 77.7 cm³/mol. The molecule has 1 saturated heterocycles. The molecule has 2 unspecified atom stereocenters. The van der Waals surface area contributed by atoms with Crippen molar-refractivity contribution in [3.63, 3.8) is 0 Å². The van der Waals surface area contributed by atoms with E-state index in [1.165, 1.54) is 6.33 Å². The summed E-state index contributed by atoms with van der Waals surface area (Å²) >= 11 is 5.77. The van der Waals surface area contributed by atoms with E-state index in [2.05, 4.69) is 15.0 Å². The van der Waals surface area contributed by atoms with Gasteiger partial charge in [-0.05, 0) is 11.6 Å². The minimum atomic E-state index is -0.734. The number of aliphatic hydroxyl groups excluding tert-OH is 2. The van der Waals surface area contributed by atoms with Crippen LogP contribution in [0.4, 0.5) is 5.82 Å². The van der Waals surface area contributed by atoms with E-state index in [9.17, 15) is 5.11 Å². The number of aliphatic hydroxyl groups is 2. The summed E-state index contributed by atoms with van der Waals surface area (Å²) in [7, 11) is 0. The van der Waals surface area contributed by atoms with E-state index < -0.39 is 18.4 Å². The lowest BCUT2D eigenvalue weighted by molar-refractivity contribution is -0.0432. The van der Waals surface area contributed by atoms with Gasteiger partial charge in [0.2, 0.25) is 5.28 Å². The highest BCUT2D eigenvalue weighted by Crippen LogP contribution is 2.31. The fourth-order valence-electron chi connectivity index (χ4n) is 2.17. The van der Waals surface area contributed by atoms with Gasteiger partial charge in [-0.15, -0.1) is 0 Å². The first-order chi connectivity index (χ1) is 10.1. The van der Waals surface area contributed by atoms with Crippen LogP contribution in [0.15, 0.2) is 6.33 Å². The topological polar surface area (TPSA) is 119 Å². The highest BCUT2D eigenvalue weighted by atomic mass is 35.5. The number of hydrogen-bond donors (Lipinski definition) is 3. The summed E-state index contributed by atoms with van der Waals surface area (Å²) in [6, 6.07) is 0. The molecule has 9 heteroatoms. The van der Waals surface area contributed by atoms with Crippen LogP contribution in [0, 0.1) is 0 Å². The van der Waals surface area contributed by atoms with Crippen molar-refractivity contribution in [2.24, 2.45) is 0 Å². The Bertz CT molecular complexity index is 620. The average Bonchev–Trinajstić information content (AvgIpc) is 3.04. The lowest BCUT2D eigenvalue weighted by atomic mass is 10.2. The summed E-state index contributed by atoms with van der Waals surface area (Å²) in [5.41, 5.74) is 6.57. The van der Waals surface area contributed by atoms with Crippen molar-refractivity contribution in [2.75, 3.05) is 12.3 Å². The number of nitrogens with two attached hydrogens (primary N) is 1. The van der Waals surface area contributed by atoms with Gasteiger partial charge in [-0.25, -0.2) is 4.98 Å². The summed E-state index contributed by atoms with van der Waals surface area (Å²) in [6.07, 6.45) is 0.0169. The summed E-state index contributed by atoms with van der Waals surface area (Å²) in [5, 5.41) is 18.8. The highest BCUT2D eigenvalue weighted by molar-refractivity contribution is 6.28. The van der Waals surface area contributed by atoms with Gasteiger partial charge in [0.05, 0.1) is 19.0 Å². The monoisotopic (exact) mass is 315 g/mol. The van der Waals surface area contributed by atoms with Crippen LogP contribution >= 0.6 is 11.6 Å². The Morgan fingerprint density at radius 3 is 2.81 bits per heavy atom. The minimum absolute atomic E-state index is 0.0176. The van der Waals surface area contributed by atoms with Crippen molar-refractivity contribution < 1.29 is 14.9 Å². The molecule has 116 valence electrons. The van der Waals surface area contributed by atoms with Crippen LogP contribution in [0.25, 0.3) is 11.2 Å². The maximum absolute atomic E-state index is 9.74. The molecule has 3 atom stereocenters. The Morgan fingerprint density at radius 1 is 1.48 bits per heavy atom. The third-order valence-electron chi connectivity index (χ3n) is 3.12.